The summed E-state index contributed by atoms with van der Waals surface area (Å²) in [5.74, 6) is 0.135. The number of rotatable bonds is 9. The van der Waals surface area contributed by atoms with Crippen molar-refractivity contribution in [1.29, 1.82) is 0 Å². The van der Waals surface area contributed by atoms with Crippen LogP contribution in [0.1, 0.15) is 33.1 Å². The molecule has 90 valence electrons. The number of unbranched alkanes of at least 4 members (excludes halogenated alkanes) is 1. The quantitative estimate of drug-likeness (QED) is 0.591. The van der Waals surface area contributed by atoms with Crippen LogP contribution in [0.2, 0.25) is 0 Å². The van der Waals surface area contributed by atoms with E-state index in [9.17, 15) is 4.79 Å². The van der Waals surface area contributed by atoms with Crippen molar-refractivity contribution in [2.45, 2.75) is 33.1 Å². The highest BCUT2D eigenvalue weighted by molar-refractivity contribution is 5.75. The van der Waals surface area contributed by atoms with Gasteiger partial charge in [0, 0.05) is 32.6 Å². The van der Waals surface area contributed by atoms with E-state index in [1.54, 1.807) is 0 Å². The normalized spacial score (nSPS) is 10.7. The zero-order chi connectivity index (χ0) is 11.5. The highest BCUT2D eigenvalue weighted by Crippen LogP contribution is 1.96. The van der Waals surface area contributed by atoms with Crippen molar-refractivity contribution in [2.24, 2.45) is 5.73 Å². The number of nitrogens with two attached hydrogens (primary N) is 1. The Morgan fingerprint density at radius 1 is 1.27 bits per heavy atom. The second kappa shape index (κ2) is 9.93. The first-order valence-corrected chi connectivity index (χ1v) is 5.93. The van der Waals surface area contributed by atoms with Gasteiger partial charge in [0.15, 0.2) is 0 Å². The van der Waals surface area contributed by atoms with Crippen LogP contribution >= 0.6 is 0 Å². The molecule has 0 fully saturated rings. The average molecular weight is 215 g/mol. The molecule has 0 aliphatic heterocycles. The molecule has 0 atom stereocenters. The summed E-state index contributed by atoms with van der Waals surface area (Å²) in [7, 11) is 0. The predicted molar refractivity (Wildman–Crippen MR) is 63.7 cm³/mol. The maximum Gasteiger partial charge on any atom is 0.221 e. The minimum Gasteiger partial charge on any atom is -0.356 e. The third kappa shape index (κ3) is 8.39. The Kier molecular flexibility index (Phi) is 9.52. The van der Waals surface area contributed by atoms with E-state index >= 15 is 0 Å². The number of carbonyl (C=O) groups is 1. The zero-order valence-electron chi connectivity index (χ0n) is 10.1. The van der Waals surface area contributed by atoms with Crippen LogP contribution in [0.15, 0.2) is 0 Å². The molecule has 0 aromatic rings. The van der Waals surface area contributed by atoms with Gasteiger partial charge in [0.25, 0.3) is 0 Å². The topological polar surface area (TPSA) is 58.4 Å². The van der Waals surface area contributed by atoms with Gasteiger partial charge >= 0.3 is 0 Å². The van der Waals surface area contributed by atoms with E-state index in [2.05, 4.69) is 17.1 Å². The van der Waals surface area contributed by atoms with Crippen molar-refractivity contribution in [2.75, 3.05) is 32.7 Å². The fraction of sp³-hybridized carbons (Fsp3) is 0.909. The second-order valence-corrected chi connectivity index (χ2v) is 3.69. The lowest BCUT2D eigenvalue weighted by Crippen LogP contribution is -2.34. The zero-order valence-corrected chi connectivity index (χ0v) is 10.1. The van der Waals surface area contributed by atoms with Crippen molar-refractivity contribution < 1.29 is 4.79 Å². The third-order valence-electron chi connectivity index (χ3n) is 2.30. The highest BCUT2D eigenvalue weighted by atomic mass is 16.1. The molecule has 4 heteroatoms. The molecule has 0 rings (SSSR count). The molecule has 0 unspecified atom stereocenters. The van der Waals surface area contributed by atoms with Crippen LogP contribution in [0.3, 0.4) is 0 Å². The fourth-order valence-electron chi connectivity index (χ4n) is 1.44. The summed E-state index contributed by atoms with van der Waals surface area (Å²) in [5.41, 5.74) is 5.52. The molecule has 0 saturated carbocycles. The molecule has 4 nitrogen and oxygen atoms in total. The minimum atomic E-state index is 0.135. The molecular weight excluding hydrogens is 190 g/mol. The van der Waals surface area contributed by atoms with Crippen molar-refractivity contribution in [3.63, 3.8) is 0 Å². The summed E-state index contributed by atoms with van der Waals surface area (Å²) < 4.78 is 0. The first-order chi connectivity index (χ1) is 7.24. The first kappa shape index (κ1) is 14.4. The maximum absolute atomic E-state index is 11.3. The van der Waals surface area contributed by atoms with Crippen LogP contribution in [0, 0.1) is 0 Å². The van der Waals surface area contributed by atoms with Crippen molar-refractivity contribution in [3.8, 4) is 0 Å². The van der Waals surface area contributed by atoms with E-state index in [1.165, 1.54) is 12.8 Å². The Balaban J connectivity index is 3.68. The number of carbonyl (C=O) groups excluding carboxylic acids is 1. The van der Waals surface area contributed by atoms with Gasteiger partial charge in [-0.3, -0.25) is 4.79 Å². The summed E-state index contributed by atoms with van der Waals surface area (Å²) in [6.45, 7) is 8.25. The molecule has 0 heterocycles. The average Bonchev–Trinajstić information content (AvgIpc) is 2.22. The molecule has 0 bridgehead atoms. The second-order valence-electron chi connectivity index (χ2n) is 3.69. The standard InChI is InChI=1S/C11H25N3O/c1-3-5-8-14(10-7-12)9-6-11(15)13-4-2/h3-10,12H2,1-2H3,(H,13,15). The van der Waals surface area contributed by atoms with Gasteiger partial charge < -0.3 is 16.0 Å². The van der Waals surface area contributed by atoms with Gasteiger partial charge in [0.05, 0.1) is 0 Å². The molecule has 0 spiro atoms. The largest absolute Gasteiger partial charge is 0.356 e. The summed E-state index contributed by atoms with van der Waals surface area (Å²) in [5, 5.41) is 2.80. The maximum atomic E-state index is 11.3. The fourth-order valence-corrected chi connectivity index (χ4v) is 1.44. The molecule has 0 saturated heterocycles. The van der Waals surface area contributed by atoms with Crippen molar-refractivity contribution >= 4 is 5.91 Å². The van der Waals surface area contributed by atoms with Gasteiger partial charge in [-0.2, -0.15) is 0 Å². The molecule has 0 aliphatic rings. The molecule has 0 aliphatic carbocycles. The first-order valence-electron chi connectivity index (χ1n) is 5.93. The molecule has 0 radical (unpaired) electrons. The number of hydrogen-bond acceptors (Lipinski definition) is 3. The van der Waals surface area contributed by atoms with E-state index < -0.39 is 0 Å². The van der Waals surface area contributed by atoms with Crippen LogP contribution < -0.4 is 11.1 Å². The van der Waals surface area contributed by atoms with Gasteiger partial charge in [-0.15, -0.1) is 0 Å². The summed E-state index contributed by atoms with van der Waals surface area (Å²) in [6.07, 6.45) is 2.94. The van der Waals surface area contributed by atoms with Crippen molar-refractivity contribution in [3.05, 3.63) is 0 Å². The van der Waals surface area contributed by atoms with Gasteiger partial charge in [-0.1, -0.05) is 13.3 Å². The molecule has 0 aromatic heterocycles. The van der Waals surface area contributed by atoms with E-state index in [0.29, 0.717) is 19.5 Å². The molecule has 15 heavy (non-hydrogen) atoms. The van der Waals surface area contributed by atoms with Gasteiger partial charge in [-0.25, -0.2) is 0 Å². The van der Waals surface area contributed by atoms with Crippen LogP contribution in [-0.4, -0.2) is 43.5 Å². The van der Waals surface area contributed by atoms with Crippen LogP contribution in [0.5, 0.6) is 0 Å². The lowest BCUT2D eigenvalue weighted by atomic mass is 10.3. The highest BCUT2D eigenvalue weighted by Gasteiger charge is 2.06. The smallest absolute Gasteiger partial charge is 0.221 e. The van der Waals surface area contributed by atoms with E-state index in [4.69, 9.17) is 5.73 Å². The number of amides is 1. The molecule has 0 aromatic carbocycles. The number of nitrogens with one attached hydrogen (secondary N) is 1. The Labute approximate surface area is 93.2 Å². The molecule has 1 amide bonds. The minimum absolute atomic E-state index is 0.135. The van der Waals surface area contributed by atoms with Gasteiger partial charge in [-0.05, 0) is 19.9 Å². The summed E-state index contributed by atoms with van der Waals surface area (Å²) in [6, 6.07) is 0. The Morgan fingerprint density at radius 2 is 2.00 bits per heavy atom. The van der Waals surface area contributed by atoms with E-state index in [1.807, 2.05) is 6.92 Å². The predicted octanol–water partition coefficient (Wildman–Crippen LogP) is 0.573. The van der Waals surface area contributed by atoms with E-state index in [0.717, 1.165) is 19.6 Å². The van der Waals surface area contributed by atoms with Gasteiger partial charge in [0.2, 0.25) is 5.91 Å². The number of hydrogen-bond donors (Lipinski definition) is 2. The van der Waals surface area contributed by atoms with E-state index in [-0.39, 0.29) is 5.91 Å². The Hall–Kier alpha value is -0.610. The third-order valence-corrected chi connectivity index (χ3v) is 2.30. The van der Waals surface area contributed by atoms with Crippen molar-refractivity contribution in [1.82, 2.24) is 10.2 Å². The van der Waals surface area contributed by atoms with Gasteiger partial charge in [0.1, 0.15) is 0 Å². The summed E-state index contributed by atoms with van der Waals surface area (Å²) >= 11 is 0. The molecule has 3 N–H and O–H groups in total. The Bertz CT molecular complexity index is 162. The lowest BCUT2D eigenvalue weighted by molar-refractivity contribution is -0.121. The lowest BCUT2D eigenvalue weighted by Gasteiger charge is -2.20. The van der Waals surface area contributed by atoms with Crippen LogP contribution in [0.25, 0.3) is 0 Å². The SMILES string of the molecule is CCCCN(CCN)CCC(=O)NCC. The monoisotopic (exact) mass is 215 g/mol. The molecular formula is C11H25N3O. The van der Waals surface area contributed by atoms with Crippen LogP contribution in [-0.2, 0) is 4.79 Å². The Morgan fingerprint density at radius 3 is 2.53 bits per heavy atom. The number of nitrogens with zero attached hydrogens (tertiary/aromatic N) is 1. The summed E-state index contributed by atoms with van der Waals surface area (Å²) in [4.78, 5) is 13.5. The van der Waals surface area contributed by atoms with Crippen LogP contribution in [0.4, 0.5) is 0 Å².